The zero-order valence-electron chi connectivity index (χ0n) is 18.7. The van der Waals surface area contributed by atoms with Crippen molar-refractivity contribution in [2.75, 3.05) is 26.2 Å². The van der Waals surface area contributed by atoms with Crippen molar-refractivity contribution in [3.63, 3.8) is 0 Å². The van der Waals surface area contributed by atoms with Gasteiger partial charge in [0.15, 0.2) is 0 Å². The third kappa shape index (κ3) is 3.05. The van der Waals surface area contributed by atoms with Gasteiger partial charge in [-0.3, -0.25) is 9.79 Å². The van der Waals surface area contributed by atoms with Gasteiger partial charge in [0.05, 0.1) is 33.0 Å². The van der Waals surface area contributed by atoms with Gasteiger partial charge in [-0.15, -0.1) is 0 Å². The number of nitrogens with two attached hydrogens (primary N) is 1. The standard InChI is InChI=1S/C24H29Cl2N5O2/c1-22-18(32)12-23(4-5-23)19(22)20(28-13-29-22)30-6-8-31(9-7-30)21(33)24(11-17(24)27)14-2-3-15(25)16(26)10-14/h2-3,10,13,17-19,32H,4-9,11-12,27H2,1H3/t17?,18-,19?,22?,24-/m1/s1. The number of hydrogen-bond donors (Lipinski definition) is 2. The number of carbonyl (C=O) groups excluding carboxylic acids is 1. The van der Waals surface area contributed by atoms with Crippen molar-refractivity contribution in [1.29, 1.82) is 0 Å². The van der Waals surface area contributed by atoms with E-state index in [0.717, 1.165) is 30.7 Å². The predicted molar refractivity (Wildman–Crippen MR) is 129 cm³/mol. The number of carbonyl (C=O) groups is 1. The van der Waals surface area contributed by atoms with Crippen LogP contribution in [0.2, 0.25) is 10.0 Å². The third-order valence-corrected chi connectivity index (χ3v) is 9.61. The quantitative estimate of drug-likeness (QED) is 0.666. The van der Waals surface area contributed by atoms with Gasteiger partial charge in [-0.2, -0.15) is 0 Å². The lowest BCUT2D eigenvalue weighted by Crippen LogP contribution is -2.58. The van der Waals surface area contributed by atoms with Gasteiger partial charge in [-0.05, 0) is 55.7 Å². The SMILES string of the molecule is CC12N=CN=C(N3CCN(C(=O)[C@@]4(c5ccc(Cl)c(Cl)c5)CC4N)CC3)C1C1(CC1)C[C@H]2O. The third-order valence-electron chi connectivity index (χ3n) is 8.87. The summed E-state index contributed by atoms with van der Waals surface area (Å²) in [6.45, 7) is 4.72. The van der Waals surface area contributed by atoms with Gasteiger partial charge in [0, 0.05) is 32.2 Å². The van der Waals surface area contributed by atoms with Gasteiger partial charge in [0.25, 0.3) is 0 Å². The first-order valence-corrected chi connectivity index (χ1v) is 12.5. The van der Waals surface area contributed by atoms with E-state index in [4.69, 9.17) is 33.9 Å². The van der Waals surface area contributed by atoms with Crippen molar-refractivity contribution in [2.24, 2.45) is 27.1 Å². The Bertz CT molecular complexity index is 1080. The van der Waals surface area contributed by atoms with E-state index in [0.29, 0.717) is 42.6 Å². The molecule has 2 heterocycles. The number of aliphatic hydroxyl groups is 1. The molecule has 1 aromatic carbocycles. The van der Waals surface area contributed by atoms with Gasteiger partial charge in [-0.1, -0.05) is 29.3 Å². The average molecular weight is 490 g/mol. The number of rotatable bonds is 2. The Morgan fingerprint density at radius 3 is 2.45 bits per heavy atom. The topological polar surface area (TPSA) is 94.5 Å². The summed E-state index contributed by atoms with van der Waals surface area (Å²) in [5.74, 6) is 1.25. The van der Waals surface area contributed by atoms with Crippen LogP contribution in [-0.2, 0) is 10.2 Å². The number of fused-ring (bicyclic) bond motifs is 2. The second-order valence-corrected chi connectivity index (χ2v) is 11.5. The molecule has 5 atom stereocenters. The number of hydrogen-bond acceptors (Lipinski definition) is 6. The molecule has 33 heavy (non-hydrogen) atoms. The molecule has 0 aromatic heterocycles. The van der Waals surface area contributed by atoms with E-state index in [-0.39, 0.29) is 23.3 Å². The molecule has 1 spiro atoms. The number of benzene rings is 1. The maximum Gasteiger partial charge on any atom is 0.234 e. The van der Waals surface area contributed by atoms with E-state index in [9.17, 15) is 9.90 Å². The first-order chi connectivity index (χ1) is 15.7. The molecule has 3 aliphatic carbocycles. The fourth-order valence-corrected chi connectivity index (χ4v) is 6.90. The van der Waals surface area contributed by atoms with Gasteiger partial charge in [0.1, 0.15) is 12.2 Å². The van der Waals surface area contributed by atoms with Gasteiger partial charge in [-0.25, -0.2) is 4.99 Å². The van der Waals surface area contributed by atoms with E-state index >= 15 is 0 Å². The Labute approximate surface area is 203 Å². The van der Waals surface area contributed by atoms with E-state index in [1.807, 2.05) is 11.0 Å². The minimum atomic E-state index is -0.711. The smallest absolute Gasteiger partial charge is 0.234 e. The summed E-state index contributed by atoms with van der Waals surface area (Å²) in [4.78, 5) is 27.2. The zero-order chi connectivity index (χ0) is 23.2. The average Bonchev–Trinajstić information content (AvgIpc) is 3.70. The maximum absolute atomic E-state index is 13.6. The number of nitrogens with zero attached hydrogens (tertiary/aromatic N) is 4. The highest BCUT2D eigenvalue weighted by atomic mass is 35.5. The van der Waals surface area contributed by atoms with Gasteiger partial charge in [0.2, 0.25) is 5.91 Å². The molecule has 0 bridgehead atoms. The van der Waals surface area contributed by atoms with Crippen molar-refractivity contribution in [3.8, 4) is 0 Å². The molecular formula is C24H29Cl2N5O2. The van der Waals surface area contributed by atoms with Crippen LogP contribution in [0, 0.1) is 11.3 Å². The van der Waals surface area contributed by atoms with Crippen LogP contribution >= 0.6 is 23.2 Å². The summed E-state index contributed by atoms with van der Waals surface area (Å²) in [7, 11) is 0. The van der Waals surface area contributed by atoms with Crippen molar-refractivity contribution in [2.45, 2.75) is 55.7 Å². The molecule has 176 valence electrons. The number of amidine groups is 1. The predicted octanol–water partition coefficient (Wildman–Crippen LogP) is 2.47. The molecule has 7 nitrogen and oxygen atoms in total. The molecule has 3 unspecified atom stereocenters. The summed E-state index contributed by atoms with van der Waals surface area (Å²) >= 11 is 12.3. The Kier molecular flexibility index (Phi) is 4.74. The molecule has 1 aromatic rings. The number of amides is 1. The van der Waals surface area contributed by atoms with Gasteiger partial charge >= 0.3 is 0 Å². The van der Waals surface area contributed by atoms with Crippen LogP contribution < -0.4 is 5.73 Å². The number of aliphatic hydroxyl groups excluding tert-OH is 1. The normalized spacial score (nSPS) is 38.3. The van der Waals surface area contributed by atoms with Crippen LogP contribution in [0.25, 0.3) is 0 Å². The summed E-state index contributed by atoms with van der Waals surface area (Å²) in [6.07, 6.45) is 4.86. The molecule has 9 heteroatoms. The number of aliphatic imine (C=N–C) groups is 2. The summed E-state index contributed by atoms with van der Waals surface area (Å²) in [6, 6.07) is 5.17. The Morgan fingerprint density at radius 2 is 1.85 bits per heavy atom. The highest BCUT2D eigenvalue weighted by molar-refractivity contribution is 6.42. The first kappa shape index (κ1) is 21.8. The van der Waals surface area contributed by atoms with Crippen LogP contribution in [0.1, 0.15) is 38.2 Å². The van der Waals surface area contributed by atoms with Gasteiger partial charge < -0.3 is 20.6 Å². The van der Waals surface area contributed by atoms with E-state index in [2.05, 4.69) is 16.8 Å². The number of piperazine rings is 1. The summed E-state index contributed by atoms with van der Waals surface area (Å²) in [5.41, 5.74) is 6.07. The minimum Gasteiger partial charge on any atom is -0.391 e. The monoisotopic (exact) mass is 489 g/mol. The fourth-order valence-electron chi connectivity index (χ4n) is 6.61. The maximum atomic E-state index is 13.6. The molecule has 3 saturated carbocycles. The lowest BCUT2D eigenvalue weighted by atomic mass is 9.80. The molecule has 2 aliphatic heterocycles. The van der Waals surface area contributed by atoms with E-state index in [1.54, 1.807) is 18.5 Å². The molecule has 4 fully saturated rings. The van der Waals surface area contributed by atoms with Crippen LogP contribution in [-0.4, -0.2) is 76.9 Å². The van der Waals surface area contributed by atoms with E-state index in [1.165, 1.54) is 0 Å². The second kappa shape index (κ2) is 7.17. The molecule has 3 N–H and O–H groups in total. The van der Waals surface area contributed by atoms with Crippen LogP contribution in [0.3, 0.4) is 0 Å². The number of halogens is 2. The van der Waals surface area contributed by atoms with Crippen LogP contribution in [0.5, 0.6) is 0 Å². The molecule has 5 aliphatic rings. The molecule has 6 rings (SSSR count). The fraction of sp³-hybridized carbons (Fsp3) is 0.625. The van der Waals surface area contributed by atoms with E-state index < -0.39 is 17.1 Å². The second-order valence-electron chi connectivity index (χ2n) is 10.7. The first-order valence-electron chi connectivity index (χ1n) is 11.8. The minimum absolute atomic E-state index is 0.0694. The largest absolute Gasteiger partial charge is 0.391 e. The zero-order valence-corrected chi connectivity index (χ0v) is 20.2. The Morgan fingerprint density at radius 1 is 1.15 bits per heavy atom. The highest BCUT2D eigenvalue weighted by Gasteiger charge is 2.68. The van der Waals surface area contributed by atoms with Crippen molar-refractivity contribution in [3.05, 3.63) is 33.8 Å². The summed E-state index contributed by atoms with van der Waals surface area (Å²) < 4.78 is 0. The molecule has 1 amide bonds. The van der Waals surface area contributed by atoms with Crippen molar-refractivity contribution < 1.29 is 9.90 Å². The molecule has 1 saturated heterocycles. The van der Waals surface area contributed by atoms with Crippen molar-refractivity contribution >= 4 is 41.3 Å². The highest BCUT2D eigenvalue weighted by Crippen LogP contribution is 2.66. The Balaban J connectivity index is 1.19. The summed E-state index contributed by atoms with van der Waals surface area (Å²) in [5, 5.41) is 11.7. The van der Waals surface area contributed by atoms with Crippen molar-refractivity contribution in [1.82, 2.24) is 9.80 Å². The molecular weight excluding hydrogens is 461 g/mol. The van der Waals surface area contributed by atoms with Crippen LogP contribution in [0.4, 0.5) is 0 Å². The lowest BCUT2D eigenvalue weighted by Gasteiger charge is -2.44. The van der Waals surface area contributed by atoms with Crippen LogP contribution in [0.15, 0.2) is 28.2 Å². The molecule has 0 radical (unpaired) electrons. The lowest BCUT2D eigenvalue weighted by molar-refractivity contribution is -0.135. The Hall–Kier alpha value is -1.67.